The quantitative estimate of drug-likeness (QED) is 0.762. The van der Waals surface area contributed by atoms with Gasteiger partial charge in [-0.15, -0.1) is 0 Å². The Hall–Kier alpha value is -0.860. The van der Waals surface area contributed by atoms with Gasteiger partial charge in [-0.05, 0) is 25.1 Å². The second-order valence-corrected chi connectivity index (χ2v) is 3.14. The highest BCUT2D eigenvalue weighted by Crippen LogP contribution is 2.19. The van der Waals surface area contributed by atoms with Crippen molar-refractivity contribution in [1.82, 2.24) is 5.32 Å². The summed E-state index contributed by atoms with van der Waals surface area (Å²) in [6.07, 6.45) is 0.159. The van der Waals surface area contributed by atoms with Crippen LogP contribution in [0.3, 0.4) is 0 Å². The molecular weight excluding hydrogens is 162 g/mol. The molecule has 0 bridgehead atoms. The number of nitrogens with one attached hydrogen (secondary N) is 1. The van der Waals surface area contributed by atoms with Crippen LogP contribution in [0.5, 0.6) is 0 Å². The third kappa shape index (κ3) is 2.54. The van der Waals surface area contributed by atoms with E-state index in [1.165, 1.54) is 11.1 Å². The van der Waals surface area contributed by atoms with E-state index < -0.39 is 0 Å². The minimum atomic E-state index is 0.159. The molecule has 0 spiro atoms. The van der Waals surface area contributed by atoms with Gasteiger partial charge < -0.3 is 10.1 Å². The Morgan fingerprint density at radius 3 is 2.62 bits per heavy atom. The van der Waals surface area contributed by atoms with Gasteiger partial charge in [0.05, 0.1) is 6.10 Å². The van der Waals surface area contributed by atoms with Crippen LogP contribution >= 0.6 is 0 Å². The van der Waals surface area contributed by atoms with Gasteiger partial charge in [-0.3, -0.25) is 0 Å². The number of methoxy groups -OCH3 is 1. The van der Waals surface area contributed by atoms with Crippen molar-refractivity contribution in [3.63, 3.8) is 0 Å². The highest BCUT2D eigenvalue weighted by atomic mass is 16.5. The Kier molecular flexibility index (Phi) is 3.93. The molecule has 1 N–H and O–H groups in total. The lowest BCUT2D eigenvalue weighted by Gasteiger charge is -2.17. The van der Waals surface area contributed by atoms with Gasteiger partial charge in [-0.1, -0.05) is 24.3 Å². The molecule has 0 heterocycles. The molecule has 1 rings (SSSR count). The van der Waals surface area contributed by atoms with E-state index >= 15 is 0 Å². The molecule has 0 radical (unpaired) electrons. The smallest absolute Gasteiger partial charge is 0.0947 e. The molecule has 0 amide bonds. The van der Waals surface area contributed by atoms with Gasteiger partial charge >= 0.3 is 0 Å². The second-order valence-electron chi connectivity index (χ2n) is 3.14. The Bertz CT molecular complexity index is 260. The molecule has 72 valence electrons. The summed E-state index contributed by atoms with van der Waals surface area (Å²) in [7, 11) is 3.68. The predicted molar refractivity (Wildman–Crippen MR) is 54.9 cm³/mol. The molecule has 13 heavy (non-hydrogen) atoms. The van der Waals surface area contributed by atoms with Crippen molar-refractivity contribution in [2.24, 2.45) is 0 Å². The van der Waals surface area contributed by atoms with Crippen molar-refractivity contribution >= 4 is 0 Å². The number of hydrogen-bond acceptors (Lipinski definition) is 2. The lowest BCUT2D eigenvalue weighted by atomic mass is 10.0. The predicted octanol–water partition coefficient (Wildman–Crippen LogP) is 1.90. The molecule has 2 heteroatoms. The van der Waals surface area contributed by atoms with Crippen LogP contribution in [0.1, 0.15) is 17.2 Å². The Morgan fingerprint density at radius 1 is 1.38 bits per heavy atom. The van der Waals surface area contributed by atoms with Crippen LogP contribution in [0.25, 0.3) is 0 Å². The van der Waals surface area contributed by atoms with E-state index in [1.54, 1.807) is 7.11 Å². The largest absolute Gasteiger partial charge is 0.375 e. The first kappa shape index (κ1) is 10.2. The van der Waals surface area contributed by atoms with E-state index in [9.17, 15) is 0 Å². The normalized spacial score (nSPS) is 12.8. The van der Waals surface area contributed by atoms with E-state index in [0.29, 0.717) is 0 Å². The van der Waals surface area contributed by atoms with Crippen LogP contribution in [0.2, 0.25) is 0 Å². The average molecular weight is 179 g/mol. The van der Waals surface area contributed by atoms with Gasteiger partial charge in [0, 0.05) is 13.7 Å². The fourth-order valence-corrected chi connectivity index (χ4v) is 1.45. The maximum absolute atomic E-state index is 5.40. The zero-order chi connectivity index (χ0) is 9.68. The first-order valence-electron chi connectivity index (χ1n) is 4.52. The first-order valence-corrected chi connectivity index (χ1v) is 4.52. The molecule has 2 nitrogen and oxygen atoms in total. The fraction of sp³-hybridized carbons (Fsp3) is 0.455. The maximum Gasteiger partial charge on any atom is 0.0947 e. The summed E-state index contributed by atoms with van der Waals surface area (Å²) in [5, 5.41) is 3.12. The third-order valence-corrected chi connectivity index (χ3v) is 2.21. The van der Waals surface area contributed by atoms with E-state index in [-0.39, 0.29) is 6.10 Å². The number of likely N-dealkylation sites (N-methyl/N-ethyl adjacent to an activating group) is 1. The van der Waals surface area contributed by atoms with Gasteiger partial charge in [-0.2, -0.15) is 0 Å². The van der Waals surface area contributed by atoms with Crippen molar-refractivity contribution in [3.8, 4) is 0 Å². The summed E-state index contributed by atoms with van der Waals surface area (Å²) >= 11 is 0. The third-order valence-electron chi connectivity index (χ3n) is 2.21. The molecule has 0 aliphatic rings. The summed E-state index contributed by atoms with van der Waals surface area (Å²) < 4.78 is 5.40. The Balaban J connectivity index is 2.84. The lowest BCUT2D eigenvalue weighted by Crippen LogP contribution is -2.19. The number of aryl methyl sites for hydroxylation is 1. The van der Waals surface area contributed by atoms with Gasteiger partial charge in [-0.25, -0.2) is 0 Å². The average Bonchev–Trinajstić information content (AvgIpc) is 2.16. The summed E-state index contributed by atoms with van der Waals surface area (Å²) in [5.74, 6) is 0. The molecular formula is C11H17NO. The fourth-order valence-electron chi connectivity index (χ4n) is 1.45. The molecule has 0 aliphatic carbocycles. The van der Waals surface area contributed by atoms with Gasteiger partial charge in [0.25, 0.3) is 0 Å². The second kappa shape index (κ2) is 5.00. The number of benzene rings is 1. The van der Waals surface area contributed by atoms with E-state index in [4.69, 9.17) is 4.74 Å². The molecule has 0 fully saturated rings. The zero-order valence-electron chi connectivity index (χ0n) is 8.50. The number of rotatable bonds is 4. The van der Waals surface area contributed by atoms with Gasteiger partial charge in [0.2, 0.25) is 0 Å². The SMILES string of the molecule is CNC[C@H](OC)c1ccccc1C. The van der Waals surface area contributed by atoms with Crippen LogP contribution in [0.15, 0.2) is 24.3 Å². The van der Waals surface area contributed by atoms with Crippen molar-refractivity contribution in [2.75, 3.05) is 20.7 Å². The summed E-state index contributed by atoms with van der Waals surface area (Å²) in [5.41, 5.74) is 2.55. The molecule has 0 saturated heterocycles. The lowest BCUT2D eigenvalue weighted by molar-refractivity contribution is 0.104. The molecule has 0 aromatic heterocycles. The molecule has 1 atom stereocenters. The van der Waals surface area contributed by atoms with Crippen LogP contribution in [0, 0.1) is 6.92 Å². The number of ether oxygens (including phenoxy) is 1. The van der Waals surface area contributed by atoms with E-state index in [2.05, 4.69) is 24.4 Å². The monoisotopic (exact) mass is 179 g/mol. The highest BCUT2D eigenvalue weighted by Gasteiger charge is 2.10. The first-order chi connectivity index (χ1) is 6.29. The van der Waals surface area contributed by atoms with Crippen LogP contribution in [-0.4, -0.2) is 20.7 Å². The molecule has 0 saturated carbocycles. The Morgan fingerprint density at radius 2 is 2.08 bits per heavy atom. The zero-order valence-corrected chi connectivity index (χ0v) is 8.50. The van der Waals surface area contributed by atoms with Gasteiger partial charge in [0.15, 0.2) is 0 Å². The topological polar surface area (TPSA) is 21.3 Å². The van der Waals surface area contributed by atoms with Gasteiger partial charge in [0.1, 0.15) is 0 Å². The standard InChI is InChI=1S/C11H17NO/c1-9-6-4-5-7-10(9)11(13-3)8-12-2/h4-7,11-12H,8H2,1-3H3/t11-/m0/s1. The minimum Gasteiger partial charge on any atom is -0.375 e. The van der Waals surface area contributed by atoms with Crippen LogP contribution in [0.4, 0.5) is 0 Å². The van der Waals surface area contributed by atoms with E-state index in [1.807, 2.05) is 19.2 Å². The van der Waals surface area contributed by atoms with Crippen LogP contribution < -0.4 is 5.32 Å². The summed E-state index contributed by atoms with van der Waals surface area (Å²) in [6.45, 7) is 2.96. The number of hydrogen-bond donors (Lipinski definition) is 1. The molecule has 1 aromatic rings. The van der Waals surface area contributed by atoms with Crippen molar-refractivity contribution in [1.29, 1.82) is 0 Å². The van der Waals surface area contributed by atoms with Crippen molar-refractivity contribution in [2.45, 2.75) is 13.0 Å². The molecule has 1 aromatic carbocycles. The maximum atomic E-state index is 5.40. The highest BCUT2D eigenvalue weighted by molar-refractivity contribution is 5.27. The summed E-state index contributed by atoms with van der Waals surface area (Å²) in [4.78, 5) is 0. The van der Waals surface area contributed by atoms with Crippen molar-refractivity contribution < 1.29 is 4.74 Å². The van der Waals surface area contributed by atoms with Crippen LogP contribution in [-0.2, 0) is 4.74 Å². The molecule has 0 unspecified atom stereocenters. The van der Waals surface area contributed by atoms with E-state index in [0.717, 1.165) is 6.54 Å². The molecule has 0 aliphatic heterocycles. The minimum absolute atomic E-state index is 0.159. The van der Waals surface area contributed by atoms with Crippen molar-refractivity contribution in [3.05, 3.63) is 35.4 Å². The summed E-state index contributed by atoms with van der Waals surface area (Å²) in [6, 6.07) is 8.31. The Labute approximate surface area is 79.9 Å².